The van der Waals surface area contributed by atoms with Crippen molar-refractivity contribution < 1.29 is 19.1 Å². The van der Waals surface area contributed by atoms with Gasteiger partial charge in [-0.25, -0.2) is 0 Å². The van der Waals surface area contributed by atoms with Crippen molar-refractivity contribution >= 4 is 11.9 Å². The molecule has 0 fully saturated rings. The first-order valence-corrected chi connectivity index (χ1v) is 13.7. The second-order valence-electron chi connectivity index (χ2n) is 8.91. The van der Waals surface area contributed by atoms with Gasteiger partial charge in [-0.05, 0) is 32.1 Å². The van der Waals surface area contributed by atoms with Crippen LogP contribution in [0.1, 0.15) is 142 Å². The number of esters is 2. The number of rotatable bonds is 24. The van der Waals surface area contributed by atoms with Gasteiger partial charge in [0, 0.05) is 12.8 Å². The quantitative estimate of drug-likeness (QED) is 0.0837. The summed E-state index contributed by atoms with van der Waals surface area (Å²) in [7, 11) is 0. The van der Waals surface area contributed by atoms with Crippen molar-refractivity contribution in [2.75, 3.05) is 13.2 Å². The number of hydrogen-bond donors (Lipinski definition) is 0. The van der Waals surface area contributed by atoms with Crippen molar-refractivity contribution in [2.24, 2.45) is 0 Å². The minimum absolute atomic E-state index is 0.0440. The third kappa shape index (κ3) is 24.9. The maximum absolute atomic E-state index is 11.8. The minimum atomic E-state index is -0.0833. The molecule has 0 aromatic rings. The molecule has 0 aromatic carbocycles. The molecule has 4 heteroatoms. The van der Waals surface area contributed by atoms with Crippen LogP contribution in [0.15, 0.2) is 12.2 Å². The second-order valence-corrected chi connectivity index (χ2v) is 8.91. The summed E-state index contributed by atoms with van der Waals surface area (Å²) in [4.78, 5) is 23.4. The molecule has 4 nitrogen and oxygen atoms in total. The van der Waals surface area contributed by atoms with E-state index >= 15 is 0 Å². The van der Waals surface area contributed by atoms with Crippen molar-refractivity contribution in [3.63, 3.8) is 0 Å². The summed E-state index contributed by atoms with van der Waals surface area (Å²) < 4.78 is 10.5. The lowest BCUT2D eigenvalue weighted by Gasteiger charge is -2.06. The smallest absolute Gasteiger partial charge is 0.305 e. The lowest BCUT2D eigenvalue weighted by molar-refractivity contribution is -0.144. The van der Waals surface area contributed by atoms with Gasteiger partial charge in [0.1, 0.15) is 0 Å². The molecule has 0 aliphatic heterocycles. The molecular weight excluding hydrogens is 400 g/mol. The Morgan fingerprint density at radius 3 is 1.47 bits per heavy atom. The van der Waals surface area contributed by atoms with Gasteiger partial charge in [0.2, 0.25) is 0 Å². The predicted molar refractivity (Wildman–Crippen MR) is 135 cm³/mol. The van der Waals surface area contributed by atoms with Crippen LogP contribution in [0.5, 0.6) is 0 Å². The summed E-state index contributed by atoms with van der Waals surface area (Å²) in [5.74, 6) is -0.127. The van der Waals surface area contributed by atoms with Crippen LogP contribution < -0.4 is 0 Å². The van der Waals surface area contributed by atoms with Crippen LogP contribution >= 0.6 is 0 Å². The van der Waals surface area contributed by atoms with Crippen molar-refractivity contribution in [1.82, 2.24) is 0 Å². The highest BCUT2D eigenvalue weighted by atomic mass is 16.5. The van der Waals surface area contributed by atoms with E-state index in [0.717, 1.165) is 57.8 Å². The first kappa shape index (κ1) is 30.7. The molecule has 0 aromatic heterocycles. The van der Waals surface area contributed by atoms with Crippen molar-refractivity contribution in [2.45, 2.75) is 142 Å². The Bertz CT molecular complexity index is 445. The van der Waals surface area contributed by atoms with E-state index in [1.165, 1.54) is 57.8 Å². The van der Waals surface area contributed by atoms with Gasteiger partial charge >= 0.3 is 11.9 Å². The number of carbonyl (C=O) groups excluding carboxylic acids is 2. The van der Waals surface area contributed by atoms with Gasteiger partial charge in [0.15, 0.2) is 0 Å². The summed E-state index contributed by atoms with van der Waals surface area (Å²) in [6.07, 6.45) is 26.1. The Hall–Kier alpha value is -1.32. The average Bonchev–Trinajstić information content (AvgIpc) is 2.79. The highest BCUT2D eigenvalue weighted by Crippen LogP contribution is 2.12. The molecule has 0 saturated carbocycles. The normalized spacial score (nSPS) is 11.2. The molecule has 0 rings (SSSR count). The van der Waals surface area contributed by atoms with E-state index in [0.29, 0.717) is 26.1 Å². The fourth-order valence-electron chi connectivity index (χ4n) is 3.69. The van der Waals surface area contributed by atoms with E-state index in [2.05, 4.69) is 26.0 Å². The Morgan fingerprint density at radius 1 is 0.531 bits per heavy atom. The molecule has 0 saturated heterocycles. The zero-order valence-corrected chi connectivity index (χ0v) is 21.3. The van der Waals surface area contributed by atoms with Crippen molar-refractivity contribution in [1.29, 1.82) is 0 Å². The number of carbonyl (C=O) groups is 2. The summed E-state index contributed by atoms with van der Waals surface area (Å²) in [5, 5.41) is 0. The van der Waals surface area contributed by atoms with Crippen LogP contribution in [-0.4, -0.2) is 25.2 Å². The average molecular weight is 453 g/mol. The van der Waals surface area contributed by atoms with Crippen LogP contribution in [0.2, 0.25) is 0 Å². The van der Waals surface area contributed by atoms with Crippen LogP contribution in [0.25, 0.3) is 0 Å². The largest absolute Gasteiger partial charge is 0.466 e. The van der Waals surface area contributed by atoms with E-state index in [1.807, 2.05) is 0 Å². The topological polar surface area (TPSA) is 52.6 Å². The molecule has 0 heterocycles. The highest BCUT2D eigenvalue weighted by molar-refractivity contribution is 5.69. The Morgan fingerprint density at radius 2 is 0.969 bits per heavy atom. The molecular formula is C28H52O4. The minimum Gasteiger partial charge on any atom is -0.466 e. The van der Waals surface area contributed by atoms with Crippen LogP contribution in [-0.2, 0) is 19.1 Å². The first-order chi connectivity index (χ1) is 15.7. The lowest BCUT2D eigenvalue weighted by Crippen LogP contribution is -2.05. The molecule has 0 aliphatic carbocycles. The predicted octanol–water partition coefficient (Wildman–Crippen LogP) is 8.47. The SMILES string of the molecule is CC/C=C/CCOC(=O)CCCCCCCCC(=O)OCCCCCCCCCCCC. The highest BCUT2D eigenvalue weighted by Gasteiger charge is 2.04. The van der Waals surface area contributed by atoms with Gasteiger partial charge in [-0.1, -0.05) is 109 Å². The Kier molecular flexibility index (Phi) is 24.9. The molecule has 188 valence electrons. The molecule has 0 atom stereocenters. The number of allylic oxidation sites excluding steroid dienone is 1. The molecule has 0 amide bonds. The van der Waals surface area contributed by atoms with E-state index in [1.54, 1.807) is 0 Å². The Labute approximate surface area is 198 Å². The maximum atomic E-state index is 11.8. The first-order valence-electron chi connectivity index (χ1n) is 13.7. The third-order valence-electron chi connectivity index (χ3n) is 5.72. The molecule has 32 heavy (non-hydrogen) atoms. The Balaban J connectivity index is 3.26. The van der Waals surface area contributed by atoms with Gasteiger partial charge in [-0.3, -0.25) is 9.59 Å². The monoisotopic (exact) mass is 452 g/mol. The van der Waals surface area contributed by atoms with Gasteiger partial charge in [0.25, 0.3) is 0 Å². The summed E-state index contributed by atoms with van der Waals surface area (Å²) >= 11 is 0. The number of hydrogen-bond acceptors (Lipinski definition) is 4. The maximum Gasteiger partial charge on any atom is 0.305 e. The standard InChI is InChI=1S/C28H52O4/c1-3-5-7-9-10-11-12-15-18-22-26-32-28(30)24-20-17-14-13-16-19-23-27(29)31-25-21-8-6-4-2/h6,8H,3-5,7,9-26H2,1-2H3/b8-6+. The van der Waals surface area contributed by atoms with Crippen LogP contribution in [0.4, 0.5) is 0 Å². The molecule has 0 spiro atoms. The van der Waals surface area contributed by atoms with Crippen molar-refractivity contribution in [3.05, 3.63) is 12.2 Å². The van der Waals surface area contributed by atoms with Gasteiger partial charge in [-0.2, -0.15) is 0 Å². The van der Waals surface area contributed by atoms with Crippen LogP contribution in [0.3, 0.4) is 0 Å². The summed E-state index contributed by atoms with van der Waals surface area (Å²) in [5.41, 5.74) is 0. The number of unbranched alkanes of at least 4 members (excludes halogenated alkanes) is 14. The fraction of sp³-hybridized carbons (Fsp3) is 0.857. The molecule has 0 bridgehead atoms. The summed E-state index contributed by atoms with van der Waals surface area (Å²) in [6, 6.07) is 0. The van der Waals surface area contributed by atoms with E-state index in [-0.39, 0.29) is 11.9 Å². The van der Waals surface area contributed by atoms with E-state index in [9.17, 15) is 9.59 Å². The molecule has 0 aliphatic rings. The fourth-order valence-corrected chi connectivity index (χ4v) is 3.69. The van der Waals surface area contributed by atoms with E-state index in [4.69, 9.17) is 9.47 Å². The van der Waals surface area contributed by atoms with E-state index < -0.39 is 0 Å². The molecule has 0 N–H and O–H groups in total. The van der Waals surface area contributed by atoms with Crippen molar-refractivity contribution in [3.8, 4) is 0 Å². The summed E-state index contributed by atoms with van der Waals surface area (Å²) in [6.45, 7) is 5.42. The van der Waals surface area contributed by atoms with Crippen LogP contribution in [0, 0.1) is 0 Å². The zero-order valence-electron chi connectivity index (χ0n) is 21.3. The molecule has 0 radical (unpaired) electrons. The molecule has 0 unspecified atom stereocenters. The van der Waals surface area contributed by atoms with Gasteiger partial charge in [0.05, 0.1) is 13.2 Å². The lowest BCUT2D eigenvalue weighted by atomic mass is 10.1. The van der Waals surface area contributed by atoms with Gasteiger partial charge < -0.3 is 9.47 Å². The van der Waals surface area contributed by atoms with Gasteiger partial charge in [-0.15, -0.1) is 0 Å². The zero-order chi connectivity index (χ0) is 23.5. The second kappa shape index (κ2) is 25.9. The third-order valence-corrected chi connectivity index (χ3v) is 5.72. The number of ether oxygens (including phenoxy) is 2.